The summed E-state index contributed by atoms with van der Waals surface area (Å²) < 4.78 is 5.32. The molecule has 0 saturated carbocycles. The van der Waals surface area contributed by atoms with Crippen LogP contribution in [-0.2, 0) is 6.54 Å². The van der Waals surface area contributed by atoms with Gasteiger partial charge in [0.15, 0.2) is 0 Å². The zero-order valence-corrected chi connectivity index (χ0v) is 11.4. The van der Waals surface area contributed by atoms with Crippen LogP contribution in [0.2, 0.25) is 0 Å². The van der Waals surface area contributed by atoms with E-state index in [1.807, 2.05) is 25.3 Å². The molecule has 0 amide bonds. The topological polar surface area (TPSA) is 49.9 Å². The largest absolute Gasteiger partial charge is 0.478 e. The van der Waals surface area contributed by atoms with Gasteiger partial charge in [-0.1, -0.05) is 12.1 Å². The second kappa shape index (κ2) is 5.65. The fraction of sp³-hybridized carbons (Fsp3) is 0.188. The average Bonchev–Trinajstić information content (AvgIpc) is 2.94. The highest BCUT2D eigenvalue weighted by Crippen LogP contribution is 2.16. The zero-order chi connectivity index (χ0) is 13.8. The van der Waals surface area contributed by atoms with Crippen molar-refractivity contribution in [3.8, 4) is 5.88 Å². The quantitative estimate of drug-likeness (QED) is 0.743. The molecule has 3 rings (SSSR count). The number of nitrogens with zero attached hydrogens (tertiary/aromatic N) is 1. The monoisotopic (exact) mass is 267 g/mol. The highest BCUT2D eigenvalue weighted by molar-refractivity contribution is 5.79. The van der Waals surface area contributed by atoms with Crippen molar-refractivity contribution in [1.29, 1.82) is 0 Å². The van der Waals surface area contributed by atoms with E-state index in [-0.39, 0.29) is 0 Å². The average molecular weight is 267 g/mol. The summed E-state index contributed by atoms with van der Waals surface area (Å²) in [6.07, 6.45) is 3.75. The standard InChI is InChI=1S/C16H17N3O/c1-2-20-16-6-5-14(11-19-16)18-10-12-3-4-13-7-8-17-15(13)9-12/h3-9,11,17-18H,2,10H2,1H3. The fourth-order valence-corrected chi connectivity index (χ4v) is 2.13. The Morgan fingerprint density at radius 1 is 1.20 bits per heavy atom. The molecule has 4 nitrogen and oxygen atoms in total. The molecular formula is C16H17N3O. The molecule has 2 aromatic heterocycles. The number of pyridine rings is 1. The number of anilines is 1. The minimum atomic E-state index is 0.635. The second-order valence-electron chi connectivity index (χ2n) is 4.57. The zero-order valence-electron chi connectivity index (χ0n) is 11.4. The summed E-state index contributed by atoms with van der Waals surface area (Å²) in [6.45, 7) is 3.35. The van der Waals surface area contributed by atoms with Crippen LogP contribution in [-0.4, -0.2) is 16.6 Å². The Kier molecular flexibility index (Phi) is 3.54. The number of H-pyrrole nitrogens is 1. The minimum Gasteiger partial charge on any atom is -0.478 e. The van der Waals surface area contributed by atoms with Crippen molar-refractivity contribution >= 4 is 16.6 Å². The molecule has 0 aliphatic carbocycles. The van der Waals surface area contributed by atoms with Gasteiger partial charge in [-0.2, -0.15) is 0 Å². The van der Waals surface area contributed by atoms with Gasteiger partial charge in [0.1, 0.15) is 0 Å². The first-order valence-electron chi connectivity index (χ1n) is 6.74. The summed E-state index contributed by atoms with van der Waals surface area (Å²) in [6, 6.07) is 12.3. The predicted octanol–water partition coefficient (Wildman–Crippen LogP) is 3.57. The van der Waals surface area contributed by atoms with E-state index in [0.29, 0.717) is 12.5 Å². The Balaban J connectivity index is 1.66. The van der Waals surface area contributed by atoms with Gasteiger partial charge in [0.05, 0.1) is 18.5 Å². The Labute approximate surface area is 117 Å². The molecule has 0 radical (unpaired) electrons. The van der Waals surface area contributed by atoms with Crippen molar-refractivity contribution in [3.05, 3.63) is 54.4 Å². The molecule has 102 valence electrons. The minimum absolute atomic E-state index is 0.635. The number of hydrogen-bond acceptors (Lipinski definition) is 3. The first kappa shape index (κ1) is 12.5. The number of aromatic nitrogens is 2. The third kappa shape index (κ3) is 2.74. The smallest absolute Gasteiger partial charge is 0.213 e. The van der Waals surface area contributed by atoms with Gasteiger partial charge in [-0.3, -0.25) is 0 Å². The van der Waals surface area contributed by atoms with Gasteiger partial charge in [0.2, 0.25) is 5.88 Å². The van der Waals surface area contributed by atoms with E-state index in [9.17, 15) is 0 Å². The van der Waals surface area contributed by atoms with E-state index >= 15 is 0 Å². The van der Waals surface area contributed by atoms with Crippen LogP contribution in [0.25, 0.3) is 10.9 Å². The number of aromatic amines is 1. The Morgan fingerprint density at radius 2 is 2.15 bits per heavy atom. The Bertz CT molecular complexity index is 688. The molecule has 3 aromatic rings. The van der Waals surface area contributed by atoms with Gasteiger partial charge in [-0.25, -0.2) is 4.98 Å². The van der Waals surface area contributed by atoms with Gasteiger partial charge in [0, 0.05) is 24.3 Å². The van der Waals surface area contributed by atoms with Crippen molar-refractivity contribution in [2.24, 2.45) is 0 Å². The van der Waals surface area contributed by atoms with Gasteiger partial charge in [-0.05, 0) is 36.1 Å². The first-order chi connectivity index (χ1) is 9.85. The maximum absolute atomic E-state index is 5.32. The molecule has 0 saturated heterocycles. The summed E-state index contributed by atoms with van der Waals surface area (Å²) in [5, 5.41) is 4.59. The molecule has 0 fully saturated rings. The molecule has 0 atom stereocenters. The lowest BCUT2D eigenvalue weighted by Gasteiger charge is -2.07. The lowest BCUT2D eigenvalue weighted by atomic mass is 10.1. The fourth-order valence-electron chi connectivity index (χ4n) is 2.13. The van der Waals surface area contributed by atoms with Crippen LogP contribution in [0.1, 0.15) is 12.5 Å². The van der Waals surface area contributed by atoms with Crippen LogP contribution in [0.5, 0.6) is 5.88 Å². The van der Waals surface area contributed by atoms with E-state index in [1.165, 1.54) is 10.9 Å². The normalized spacial score (nSPS) is 10.7. The van der Waals surface area contributed by atoms with Crippen molar-refractivity contribution in [1.82, 2.24) is 9.97 Å². The van der Waals surface area contributed by atoms with Gasteiger partial charge in [0.25, 0.3) is 0 Å². The van der Waals surface area contributed by atoms with Crippen LogP contribution >= 0.6 is 0 Å². The molecule has 0 bridgehead atoms. The van der Waals surface area contributed by atoms with E-state index < -0.39 is 0 Å². The number of benzene rings is 1. The SMILES string of the molecule is CCOc1ccc(NCc2ccc3cc[nH]c3c2)cn1. The van der Waals surface area contributed by atoms with Crippen molar-refractivity contribution < 1.29 is 4.74 Å². The molecule has 4 heteroatoms. The predicted molar refractivity (Wildman–Crippen MR) is 81.0 cm³/mol. The number of nitrogens with one attached hydrogen (secondary N) is 2. The maximum atomic E-state index is 5.32. The van der Waals surface area contributed by atoms with Crippen LogP contribution in [0, 0.1) is 0 Å². The number of fused-ring (bicyclic) bond motifs is 1. The molecule has 2 heterocycles. The third-order valence-corrected chi connectivity index (χ3v) is 3.14. The van der Waals surface area contributed by atoms with Gasteiger partial charge >= 0.3 is 0 Å². The maximum Gasteiger partial charge on any atom is 0.213 e. The number of hydrogen-bond donors (Lipinski definition) is 2. The lowest BCUT2D eigenvalue weighted by Crippen LogP contribution is -2.00. The Hall–Kier alpha value is -2.49. The van der Waals surface area contributed by atoms with Crippen molar-refractivity contribution in [2.45, 2.75) is 13.5 Å². The summed E-state index contributed by atoms with van der Waals surface area (Å²) in [5.41, 5.74) is 3.38. The summed E-state index contributed by atoms with van der Waals surface area (Å²) >= 11 is 0. The number of ether oxygens (including phenoxy) is 1. The molecular weight excluding hydrogens is 250 g/mol. The summed E-state index contributed by atoms with van der Waals surface area (Å²) in [7, 11) is 0. The molecule has 1 aromatic carbocycles. The van der Waals surface area contributed by atoms with E-state index in [1.54, 1.807) is 6.20 Å². The highest BCUT2D eigenvalue weighted by atomic mass is 16.5. The molecule has 0 aliphatic rings. The Morgan fingerprint density at radius 3 is 2.95 bits per heavy atom. The molecule has 0 unspecified atom stereocenters. The second-order valence-corrected chi connectivity index (χ2v) is 4.57. The first-order valence-corrected chi connectivity index (χ1v) is 6.74. The van der Waals surface area contributed by atoms with Crippen molar-refractivity contribution in [3.63, 3.8) is 0 Å². The van der Waals surface area contributed by atoms with E-state index in [2.05, 4.69) is 39.6 Å². The van der Waals surface area contributed by atoms with Crippen molar-refractivity contribution in [2.75, 3.05) is 11.9 Å². The van der Waals surface area contributed by atoms with Crippen LogP contribution < -0.4 is 10.1 Å². The molecule has 0 spiro atoms. The molecule has 20 heavy (non-hydrogen) atoms. The van der Waals surface area contributed by atoms with Crippen LogP contribution in [0.4, 0.5) is 5.69 Å². The van der Waals surface area contributed by atoms with Gasteiger partial charge < -0.3 is 15.0 Å². The van der Waals surface area contributed by atoms with Crippen LogP contribution in [0.3, 0.4) is 0 Å². The number of rotatable bonds is 5. The van der Waals surface area contributed by atoms with E-state index in [4.69, 9.17) is 4.74 Å². The summed E-state index contributed by atoms with van der Waals surface area (Å²) in [4.78, 5) is 7.45. The van der Waals surface area contributed by atoms with Gasteiger partial charge in [-0.15, -0.1) is 0 Å². The summed E-state index contributed by atoms with van der Waals surface area (Å²) in [5.74, 6) is 0.658. The molecule has 0 aliphatic heterocycles. The molecule has 2 N–H and O–H groups in total. The van der Waals surface area contributed by atoms with Crippen LogP contribution in [0.15, 0.2) is 48.8 Å². The van der Waals surface area contributed by atoms with E-state index in [0.717, 1.165) is 17.7 Å². The lowest BCUT2D eigenvalue weighted by molar-refractivity contribution is 0.327. The third-order valence-electron chi connectivity index (χ3n) is 3.14. The highest BCUT2D eigenvalue weighted by Gasteiger charge is 1.99.